The Kier molecular flexibility index (Phi) is 5.32. The molecule has 20 heavy (non-hydrogen) atoms. The van der Waals surface area contributed by atoms with Crippen molar-refractivity contribution in [2.45, 2.75) is 26.4 Å². The SMILES string of the molecule is CC(C)(C)OC(=O)NCC=Cc1c(O)cccc1C=O. The number of alkyl carbamates (subject to hydrolysis) is 1. The number of ether oxygens (including phenoxy) is 1. The maximum atomic E-state index is 11.4. The lowest BCUT2D eigenvalue weighted by Crippen LogP contribution is -2.32. The second-order valence-corrected chi connectivity index (χ2v) is 5.18. The Labute approximate surface area is 118 Å². The van der Waals surface area contributed by atoms with Crippen molar-refractivity contribution in [3.05, 3.63) is 35.4 Å². The molecule has 0 saturated carbocycles. The van der Waals surface area contributed by atoms with E-state index in [0.717, 1.165) is 0 Å². The van der Waals surface area contributed by atoms with Gasteiger partial charge < -0.3 is 15.2 Å². The molecular formula is C15H19NO4. The van der Waals surface area contributed by atoms with E-state index in [1.807, 2.05) is 0 Å². The van der Waals surface area contributed by atoms with Gasteiger partial charge in [0.15, 0.2) is 6.29 Å². The number of carbonyl (C=O) groups is 2. The Morgan fingerprint density at radius 3 is 2.70 bits per heavy atom. The zero-order valence-corrected chi connectivity index (χ0v) is 11.8. The number of rotatable bonds is 4. The van der Waals surface area contributed by atoms with E-state index in [4.69, 9.17) is 4.74 Å². The van der Waals surface area contributed by atoms with E-state index >= 15 is 0 Å². The Morgan fingerprint density at radius 2 is 2.10 bits per heavy atom. The Balaban J connectivity index is 2.58. The average molecular weight is 277 g/mol. The second kappa shape index (κ2) is 6.75. The molecule has 1 aromatic carbocycles. The molecule has 0 fully saturated rings. The smallest absolute Gasteiger partial charge is 0.407 e. The standard InChI is InChI=1S/C15H19NO4/c1-15(2,3)20-14(19)16-9-5-7-12-11(10-17)6-4-8-13(12)18/h4-8,10,18H,9H2,1-3H3,(H,16,19). The summed E-state index contributed by atoms with van der Waals surface area (Å²) < 4.78 is 5.07. The van der Waals surface area contributed by atoms with Crippen molar-refractivity contribution in [2.24, 2.45) is 0 Å². The third-order valence-electron chi connectivity index (χ3n) is 2.29. The Bertz CT molecular complexity index is 515. The molecule has 5 heteroatoms. The van der Waals surface area contributed by atoms with Crippen molar-refractivity contribution in [3.63, 3.8) is 0 Å². The third kappa shape index (κ3) is 5.14. The lowest BCUT2D eigenvalue weighted by atomic mass is 10.1. The normalized spacial score (nSPS) is 11.3. The van der Waals surface area contributed by atoms with Gasteiger partial charge in [0.2, 0.25) is 0 Å². The molecule has 2 N–H and O–H groups in total. The monoisotopic (exact) mass is 277 g/mol. The number of amides is 1. The van der Waals surface area contributed by atoms with Crippen LogP contribution in [-0.2, 0) is 4.74 Å². The molecule has 0 radical (unpaired) electrons. The van der Waals surface area contributed by atoms with Crippen LogP contribution in [0.5, 0.6) is 5.75 Å². The molecule has 108 valence electrons. The molecule has 5 nitrogen and oxygen atoms in total. The highest BCUT2D eigenvalue weighted by atomic mass is 16.6. The van der Waals surface area contributed by atoms with Crippen LogP contribution in [0.4, 0.5) is 4.79 Å². The third-order valence-corrected chi connectivity index (χ3v) is 2.29. The van der Waals surface area contributed by atoms with Crippen LogP contribution in [0, 0.1) is 0 Å². The van der Waals surface area contributed by atoms with Gasteiger partial charge in [-0.25, -0.2) is 4.79 Å². The van der Waals surface area contributed by atoms with Gasteiger partial charge in [-0.1, -0.05) is 24.3 Å². The van der Waals surface area contributed by atoms with Gasteiger partial charge in [-0.15, -0.1) is 0 Å². The molecule has 0 aliphatic heterocycles. The van der Waals surface area contributed by atoms with Crippen molar-refractivity contribution in [1.29, 1.82) is 0 Å². The van der Waals surface area contributed by atoms with Crippen LogP contribution in [0.2, 0.25) is 0 Å². The largest absolute Gasteiger partial charge is 0.507 e. The van der Waals surface area contributed by atoms with Gasteiger partial charge in [0, 0.05) is 17.7 Å². The van der Waals surface area contributed by atoms with Crippen LogP contribution >= 0.6 is 0 Å². The molecule has 0 aliphatic rings. The molecule has 0 aliphatic carbocycles. The van der Waals surface area contributed by atoms with Gasteiger partial charge in [0.05, 0.1) is 0 Å². The fourth-order valence-electron chi connectivity index (χ4n) is 1.49. The number of hydrogen-bond acceptors (Lipinski definition) is 4. The lowest BCUT2D eigenvalue weighted by Gasteiger charge is -2.19. The number of nitrogens with one attached hydrogen (secondary N) is 1. The van der Waals surface area contributed by atoms with Crippen LogP contribution in [0.25, 0.3) is 6.08 Å². The van der Waals surface area contributed by atoms with Gasteiger partial charge in [-0.2, -0.15) is 0 Å². The Morgan fingerprint density at radius 1 is 1.40 bits per heavy atom. The number of aromatic hydroxyl groups is 1. The number of benzene rings is 1. The summed E-state index contributed by atoms with van der Waals surface area (Å²) in [6, 6.07) is 4.69. The van der Waals surface area contributed by atoms with Gasteiger partial charge in [0.1, 0.15) is 11.4 Å². The first kappa shape index (κ1) is 15.8. The maximum absolute atomic E-state index is 11.4. The van der Waals surface area contributed by atoms with E-state index in [-0.39, 0.29) is 12.3 Å². The van der Waals surface area contributed by atoms with Crippen LogP contribution in [0.15, 0.2) is 24.3 Å². The molecule has 0 heterocycles. The van der Waals surface area contributed by atoms with E-state index in [2.05, 4.69) is 5.32 Å². The first-order valence-corrected chi connectivity index (χ1v) is 6.24. The summed E-state index contributed by atoms with van der Waals surface area (Å²) in [5, 5.41) is 12.2. The number of phenolic OH excluding ortho intramolecular Hbond substituents is 1. The van der Waals surface area contributed by atoms with Crippen molar-refractivity contribution in [2.75, 3.05) is 6.54 Å². The molecule has 0 saturated heterocycles. The fourth-order valence-corrected chi connectivity index (χ4v) is 1.49. The maximum Gasteiger partial charge on any atom is 0.407 e. The topological polar surface area (TPSA) is 75.6 Å². The van der Waals surface area contributed by atoms with Gasteiger partial charge in [0.25, 0.3) is 0 Å². The van der Waals surface area contributed by atoms with Gasteiger partial charge in [-0.05, 0) is 26.8 Å². The van der Waals surface area contributed by atoms with E-state index < -0.39 is 11.7 Å². The lowest BCUT2D eigenvalue weighted by molar-refractivity contribution is 0.0534. The highest BCUT2D eigenvalue weighted by molar-refractivity contribution is 5.84. The molecule has 0 bridgehead atoms. The zero-order chi connectivity index (χ0) is 15.2. The second-order valence-electron chi connectivity index (χ2n) is 5.18. The minimum atomic E-state index is -0.545. The van der Waals surface area contributed by atoms with Crippen LogP contribution in [-0.4, -0.2) is 29.6 Å². The van der Waals surface area contributed by atoms with Crippen LogP contribution < -0.4 is 5.32 Å². The summed E-state index contributed by atoms with van der Waals surface area (Å²) in [5.41, 5.74) is 0.267. The quantitative estimate of drug-likeness (QED) is 0.830. The minimum Gasteiger partial charge on any atom is -0.507 e. The summed E-state index contributed by atoms with van der Waals surface area (Å²) in [6.07, 6.45) is 3.36. The summed E-state index contributed by atoms with van der Waals surface area (Å²) >= 11 is 0. The molecule has 0 aromatic heterocycles. The molecular weight excluding hydrogens is 258 g/mol. The molecule has 0 spiro atoms. The first-order valence-electron chi connectivity index (χ1n) is 6.24. The fraction of sp³-hybridized carbons (Fsp3) is 0.333. The number of phenols is 1. The highest BCUT2D eigenvalue weighted by Gasteiger charge is 2.15. The van der Waals surface area contributed by atoms with Crippen LogP contribution in [0.1, 0.15) is 36.7 Å². The summed E-state index contributed by atoms with van der Waals surface area (Å²) in [7, 11) is 0. The van der Waals surface area contributed by atoms with E-state index in [1.165, 1.54) is 6.07 Å². The number of aldehydes is 1. The van der Waals surface area contributed by atoms with E-state index in [0.29, 0.717) is 17.4 Å². The van der Waals surface area contributed by atoms with E-state index in [1.54, 1.807) is 45.1 Å². The van der Waals surface area contributed by atoms with Crippen molar-refractivity contribution >= 4 is 18.5 Å². The average Bonchev–Trinajstić information content (AvgIpc) is 2.33. The van der Waals surface area contributed by atoms with Gasteiger partial charge >= 0.3 is 6.09 Å². The van der Waals surface area contributed by atoms with Crippen molar-refractivity contribution in [1.82, 2.24) is 5.32 Å². The number of hydrogen-bond donors (Lipinski definition) is 2. The van der Waals surface area contributed by atoms with E-state index in [9.17, 15) is 14.7 Å². The molecule has 1 aromatic rings. The summed E-state index contributed by atoms with van der Waals surface area (Å²) in [4.78, 5) is 22.2. The predicted octanol–water partition coefficient (Wildman–Crippen LogP) is 2.74. The molecule has 1 rings (SSSR count). The summed E-state index contributed by atoms with van der Waals surface area (Å²) in [6.45, 7) is 5.57. The minimum absolute atomic E-state index is 0.0168. The highest BCUT2D eigenvalue weighted by Crippen LogP contribution is 2.21. The number of carbonyl (C=O) groups excluding carboxylic acids is 2. The van der Waals surface area contributed by atoms with Crippen molar-refractivity contribution < 1.29 is 19.4 Å². The summed E-state index contributed by atoms with van der Waals surface area (Å²) in [5.74, 6) is 0.0168. The first-order chi connectivity index (χ1) is 9.33. The van der Waals surface area contributed by atoms with Crippen LogP contribution in [0.3, 0.4) is 0 Å². The van der Waals surface area contributed by atoms with Crippen molar-refractivity contribution in [3.8, 4) is 5.75 Å². The zero-order valence-electron chi connectivity index (χ0n) is 11.8. The molecule has 0 atom stereocenters. The van der Waals surface area contributed by atoms with Gasteiger partial charge in [-0.3, -0.25) is 4.79 Å². The Hall–Kier alpha value is -2.30. The molecule has 1 amide bonds. The predicted molar refractivity (Wildman–Crippen MR) is 76.8 cm³/mol. The molecule has 0 unspecified atom stereocenters.